The van der Waals surface area contributed by atoms with Crippen LogP contribution in [-0.2, 0) is 4.79 Å². The van der Waals surface area contributed by atoms with Crippen molar-refractivity contribution < 1.29 is 4.79 Å². The average Bonchev–Trinajstić information content (AvgIpc) is 2.78. The van der Waals surface area contributed by atoms with Gasteiger partial charge in [0.25, 0.3) is 0 Å². The van der Waals surface area contributed by atoms with Crippen LogP contribution in [0.5, 0.6) is 0 Å². The fourth-order valence-corrected chi connectivity index (χ4v) is 4.08. The number of piperidine rings is 1. The van der Waals surface area contributed by atoms with Crippen molar-refractivity contribution >= 4 is 18.3 Å². The zero-order valence-electron chi connectivity index (χ0n) is 11.3. The summed E-state index contributed by atoms with van der Waals surface area (Å²) in [6.45, 7) is 5.54. The lowest BCUT2D eigenvalue weighted by Crippen LogP contribution is -2.56. The number of carbonyl (C=O) groups excluding carboxylic acids is 1. The summed E-state index contributed by atoms with van der Waals surface area (Å²) in [5.74, 6) is 2.78. The van der Waals surface area contributed by atoms with Gasteiger partial charge in [-0.25, -0.2) is 0 Å². The Bertz CT molecular complexity index is 303. The Morgan fingerprint density at radius 2 is 1.83 bits per heavy atom. The molecule has 2 saturated carbocycles. The number of halogens is 1. The maximum Gasteiger partial charge on any atom is 0.223 e. The van der Waals surface area contributed by atoms with Gasteiger partial charge in [-0.1, -0.05) is 13.3 Å². The predicted octanol–water partition coefficient (Wildman–Crippen LogP) is 1.96. The first-order valence-corrected chi connectivity index (χ1v) is 7.22. The van der Waals surface area contributed by atoms with Gasteiger partial charge in [-0.3, -0.25) is 4.79 Å². The minimum absolute atomic E-state index is 0. The predicted molar refractivity (Wildman–Crippen MR) is 74.7 cm³/mol. The van der Waals surface area contributed by atoms with E-state index in [0.717, 1.165) is 18.4 Å². The van der Waals surface area contributed by atoms with Crippen LogP contribution >= 0.6 is 12.4 Å². The molecule has 0 aromatic heterocycles. The second-order valence-electron chi connectivity index (χ2n) is 6.33. The minimum atomic E-state index is 0. The lowest BCUT2D eigenvalue weighted by molar-refractivity contribution is -0.124. The second-order valence-corrected chi connectivity index (χ2v) is 6.33. The van der Waals surface area contributed by atoms with Crippen LogP contribution in [0.4, 0.5) is 0 Å². The van der Waals surface area contributed by atoms with Gasteiger partial charge >= 0.3 is 0 Å². The number of hydrogen-bond acceptors (Lipinski definition) is 2. The molecule has 18 heavy (non-hydrogen) atoms. The van der Waals surface area contributed by atoms with Crippen molar-refractivity contribution in [1.82, 2.24) is 10.6 Å². The van der Waals surface area contributed by atoms with E-state index in [1.807, 2.05) is 0 Å². The number of fused-ring (bicyclic) bond motifs is 1. The summed E-state index contributed by atoms with van der Waals surface area (Å²) < 4.78 is 0. The molecule has 2 aliphatic carbocycles. The number of hydrogen-bond donors (Lipinski definition) is 2. The van der Waals surface area contributed by atoms with E-state index >= 15 is 0 Å². The molecule has 0 aromatic carbocycles. The molecule has 0 bridgehead atoms. The van der Waals surface area contributed by atoms with Crippen LogP contribution in [0, 0.1) is 23.7 Å². The topological polar surface area (TPSA) is 41.1 Å². The molecular formula is C14H25ClN2O. The van der Waals surface area contributed by atoms with Gasteiger partial charge in [-0.05, 0) is 50.5 Å². The molecule has 3 fully saturated rings. The molecule has 4 heteroatoms. The first-order chi connectivity index (χ1) is 8.18. The fraction of sp³-hybridized carbons (Fsp3) is 0.929. The first kappa shape index (κ1) is 14.1. The standard InChI is InChI=1S/C14H24N2O.ClH/c1-8-6-7-15-9(2)13(8)16-14(17)12-10-4-3-5-11(10)12;/h8-13,15H,3-7H2,1-2H3,(H,16,17);1H. The minimum Gasteiger partial charge on any atom is -0.351 e. The normalized spacial score (nSPS) is 45.9. The van der Waals surface area contributed by atoms with Crippen molar-refractivity contribution in [2.45, 2.75) is 51.6 Å². The van der Waals surface area contributed by atoms with Crippen molar-refractivity contribution in [3.8, 4) is 0 Å². The van der Waals surface area contributed by atoms with E-state index in [1.54, 1.807) is 0 Å². The summed E-state index contributed by atoms with van der Waals surface area (Å²) in [6, 6.07) is 0.749. The Kier molecular flexibility index (Phi) is 4.22. The van der Waals surface area contributed by atoms with E-state index in [0.29, 0.717) is 29.8 Å². The summed E-state index contributed by atoms with van der Waals surface area (Å²) >= 11 is 0. The van der Waals surface area contributed by atoms with Crippen LogP contribution in [0.1, 0.15) is 39.5 Å². The average molecular weight is 273 g/mol. The Labute approximate surface area is 116 Å². The van der Waals surface area contributed by atoms with E-state index in [1.165, 1.54) is 25.7 Å². The third-order valence-electron chi connectivity index (χ3n) is 5.24. The highest BCUT2D eigenvalue weighted by Gasteiger charge is 2.56. The molecular weight excluding hydrogens is 248 g/mol. The van der Waals surface area contributed by atoms with Gasteiger partial charge in [0.15, 0.2) is 0 Å². The third kappa shape index (κ3) is 2.39. The lowest BCUT2D eigenvalue weighted by atomic mass is 9.89. The van der Waals surface area contributed by atoms with Gasteiger partial charge in [-0.15, -0.1) is 12.4 Å². The molecule has 2 N–H and O–H groups in total. The fourth-order valence-electron chi connectivity index (χ4n) is 4.08. The van der Waals surface area contributed by atoms with Crippen LogP contribution in [0.25, 0.3) is 0 Å². The lowest BCUT2D eigenvalue weighted by Gasteiger charge is -2.36. The molecule has 1 amide bonds. The molecule has 3 aliphatic rings. The van der Waals surface area contributed by atoms with Crippen LogP contribution in [0.2, 0.25) is 0 Å². The molecule has 0 aromatic rings. The highest BCUT2D eigenvalue weighted by molar-refractivity contribution is 5.85. The van der Waals surface area contributed by atoms with E-state index in [9.17, 15) is 4.79 Å². The Morgan fingerprint density at radius 1 is 1.17 bits per heavy atom. The first-order valence-electron chi connectivity index (χ1n) is 7.22. The summed E-state index contributed by atoms with van der Waals surface area (Å²) in [4.78, 5) is 12.2. The van der Waals surface area contributed by atoms with Gasteiger partial charge in [0, 0.05) is 18.0 Å². The van der Waals surface area contributed by atoms with E-state index in [-0.39, 0.29) is 12.4 Å². The highest BCUT2D eigenvalue weighted by atomic mass is 35.5. The molecule has 1 aliphatic heterocycles. The van der Waals surface area contributed by atoms with Gasteiger partial charge in [-0.2, -0.15) is 0 Å². The largest absolute Gasteiger partial charge is 0.351 e. The quantitative estimate of drug-likeness (QED) is 0.807. The van der Waals surface area contributed by atoms with Crippen LogP contribution in [0.15, 0.2) is 0 Å². The third-order valence-corrected chi connectivity index (χ3v) is 5.24. The maximum atomic E-state index is 12.2. The van der Waals surface area contributed by atoms with Gasteiger partial charge < -0.3 is 10.6 Å². The maximum absolute atomic E-state index is 12.2. The summed E-state index contributed by atoms with van der Waals surface area (Å²) in [6.07, 6.45) is 5.09. The van der Waals surface area contributed by atoms with Crippen LogP contribution in [0.3, 0.4) is 0 Å². The molecule has 1 heterocycles. The van der Waals surface area contributed by atoms with E-state index in [4.69, 9.17) is 0 Å². The van der Waals surface area contributed by atoms with Crippen molar-refractivity contribution in [2.24, 2.45) is 23.7 Å². The van der Waals surface area contributed by atoms with E-state index in [2.05, 4.69) is 24.5 Å². The van der Waals surface area contributed by atoms with Crippen molar-refractivity contribution in [3.63, 3.8) is 0 Å². The SMILES string of the molecule is CC1CCNC(C)C1NC(=O)C1C2CCCC21.Cl. The molecule has 5 atom stereocenters. The summed E-state index contributed by atoms with van der Waals surface area (Å²) in [7, 11) is 0. The summed E-state index contributed by atoms with van der Waals surface area (Å²) in [5.41, 5.74) is 0. The molecule has 5 unspecified atom stereocenters. The van der Waals surface area contributed by atoms with Crippen LogP contribution in [-0.4, -0.2) is 24.5 Å². The second kappa shape index (κ2) is 5.38. The highest BCUT2D eigenvalue weighted by Crippen LogP contribution is 2.57. The summed E-state index contributed by atoms with van der Waals surface area (Å²) in [5, 5.41) is 6.77. The van der Waals surface area contributed by atoms with Crippen molar-refractivity contribution in [1.29, 1.82) is 0 Å². The number of rotatable bonds is 2. The van der Waals surface area contributed by atoms with Gasteiger partial charge in [0.05, 0.1) is 0 Å². The zero-order valence-corrected chi connectivity index (χ0v) is 12.1. The molecule has 0 radical (unpaired) electrons. The van der Waals surface area contributed by atoms with Gasteiger partial charge in [0.1, 0.15) is 0 Å². The van der Waals surface area contributed by atoms with Gasteiger partial charge in [0.2, 0.25) is 5.91 Å². The van der Waals surface area contributed by atoms with Crippen molar-refractivity contribution in [2.75, 3.05) is 6.54 Å². The van der Waals surface area contributed by atoms with Crippen LogP contribution < -0.4 is 10.6 Å². The van der Waals surface area contributed by atoms with Crippen molar-refractivity contribution in [3.05, 3.63) is 0 Å². The Morgan fingerprint density at radius 3 is 2.44 bits per heavy atom. The molecule has 0 spiro atoms. The molecule has 1 saturated heterocycles. The Hall–Kier alpha value is -0.280. The number of nitrogens with one attached hydrogen (secondary N) is 2. The number of amides is 1. The molecule has 3 nitrogen and oxygen atoms in total. The molecule has 104 valence electrons. The molecule has 3 rings (SSSR count). The number of carbonyl (C=O) groups is 1. The van der Waals surface area contributed by atoms with E-state index < -0.39 is 0 Å². The smallest absolute Gasteiger partial charge is 0.223 e. The Balaban J connectivity index is 0.00000120. The zero-order chi connectivity index (χ0) is 12.0. The monoisotopic (exact) mass is 272 g/mol.